The Morgan fingerprint density at radius 2 is 2.27 bits per heavy atom. The van der Waals surface area contributed by atoms with Gasteiger partial charge in [-0.3, -0.25) is 14.5 Å². The molecule has 1 fully saturated rings. The lowest BCUT2D eigenvalue weighted by Gasteiger charge is -2.14. The van der Waals surface area contributed by atoms with E-state index in [1.165, 1.54) is 12.4 Å². The van der Waals surface area contributed by atoms with E-state index in [4.69, 9.17) is 0 Å². The van der Waals surface area contributed by atoms with Gasteiger partial charge in [0.1, 0.15) is 0 Å². The number of anilines is 1. The largest absolute Gasteiger partial charge is 0.504 e. The normalized spacial score (nSPS) is 15.5. The van der Waals surface area contributed by atoms with Crippen molar-refractivity contribution in [2.24, 2.45) is 0 Å². The number of pyridine rings is 1. The molecule has 6 nitrogen and oxygen atoms in total. The van der Waals surface area contributed by atoms with Crippen molar-refractivity contribution in [2.75, 3.05) is 5.32 Å². The lowest BCUT2D eigenvalue weighted by Crippen LogP contribution is -2.16. The molecular formula is C16H20N4O2. The third-order valence-electron chi connectivity index (χ3n) is 4.10. The summed E-state index contributed by atoms with van der Waals surface area (Å²) in [6, 6.07) is 1.84. The summed E-state index contributed by atoms with van der Waals surface area (Å²) in [6.45, 7) is 4.22. The van der Waals surface area contributed by atoms with Crippen molar-refractivity contribution in [3.8, 4) is 5.75 Å². The van der Waals surface area contributed by atoms with Crippen LogP contribution in [0.4, 0.5) is 5.69 Å². The second-order valence-corrected chi connectivity index (χ2v) is 5.77. The Morgan fingerprint density at radius 1 is 1.50 bits per heavy atom. The highest BCUT2D eigenvalue weighted by Crippen LogP contribution is 2.43. The van der Waals surface area contributed by atoms with Gasteiger partial charge in [-0.15, -0.1) is 0 Å². The maximum absolute atomic E-state index is 12.5. The van der Waals surface area contributed by atoms with Gasteiger partial charge in [-0.1, -0.05) is 6.92 Å². The zero-order valence-corrected chi connectivity index (χ0v) is 12.8. The van der Waals surface area contributed by atoms with Crippen molar-refractivity contribution in [3.05, 3.63) is 35.9 Å². The molecule has 0 bridgehead atoms. The van der Waals surface area contributed by atoms with Crippen LogP contribution in [0.5, 0.6) is 5.75 Å². The molecule has 2 aromatic heterocycles. The van der Waals surface area contributed by atoms with E-state index >= 15 is 0 Å². The summed E-state index contributed by atoms with van der Waals surface area (Å²) in [4.78, 5) is 16.3. The van der Waals surface area contributed by atoms with Crippen LogP contribution in [0.3, 0.4) is 0 Å². The molecule has 3 rings (SSSR count). The molecular weight excluding hydrogens is 280 g/mol. The first-order valence-electron chi connectivity index (χ1n) is 7.63. The van der Waals surface area contributed by atoms with Gasteiger partial charge in [-0.25, -0.2) is 0 Å². The Bertz CT molecular complexity index is 691. The monoisotopic (exact) mass is 300 g/mol. The average Bonchev–Trinajstić information content (AvgIpc) is 3.26. The van der Waals surface area contributed by atoms with Crippen molar-refractivity contribution in [1.29, 1.82) is 0 Å². The Labute approximate surface area is 129 Å². The van der Waals surface area contributed by atoms with Gasteiger partial charge in [0.25, 0.3) is 5.91 Å². The molecule has 1 unspecified atom stereocenters. The fourth-order valence-electron chi connectivity index (χ4n) is 2.52. The summed E-state index contributed by atoms with van der Waals surface area (Å²) >= 11 is 0. The minimum atomic E-state index is -0.238. The lowest BCUT2D eigenvalue weighted by molar-refractivity contribution is 0.102. The summed E-state index contributed by atoms with van der Waals surface area (Å²) in [7, 11) is 0. The van der Waals surface area contributed by atoms with Crippen molar-refractivity contribution in [1.82, 2.24) is 14.8 Å². The van der Waals surface area contributed by atoms with Crippen molar-refractivity contribution < 1.29 is 9.90 Å². The van der Waals surface area contributed by atoms with Gasteiger partial charge in [0.2, 0.25) is 0 Å². The highest BCUT2D eigenvalue weighted by molar-refractivity contribution is 6.05. The number of carbonyl (C=O) groups is 1. The summed E-state index contributed by atoms with van der Waals surface area (Å²) in [6.07, 6.45) is 7.63. The Morgan fingerprint density at radius 3 is 2.91 bits per heavy atom. The first-order valence-corrected chi connectivity index (χ1v) is 7.63. The lowest BCUT2D eigenvalue weighted by atomic mass is 10.1. The SMILES string of the molecule is CCC(C)n1ncc(C(=O)Nc2ccncc2O)c1C1CC1. The predicted octanol–water partition coefficient (Wildman–Crippen LogP) is 3.08. The maximum Gasteiger partial charge on any atom is 0.259 e. The molecule has 2 N–H and O–H groups in total. The van der Waals surface area contributed by atoms with Crippen LogP contribution in [-0.2, 0) is 0 Å². The summed E-state index contributed by atoms with van der Waals surface area (Å²) in [5.74, 6) is 0.138. The van der Waals surface area contributed by atoms with Crippen LogP contribution < -0.4 is 5.32 Å². The number of nitrogens with zero attached hydrogens (tertiary/aromatic N) is 3. The van der Waals surface area contributed by atoms with Gasteiger partial charge in [0, 0.05) is 18.2 Å². The third kappa shape index (κ3) is 2.68. The van der Waals surface area contributed by atoms with Crippen molar-refractivity contribution in [2.45, 2.75) is 45.1 Å². The van der Waals surface area contributed by atoms with Gasteiger partial charge in [0.05, 0.1) is 29.3 Å². The first kappa shape index (κ1) is 14.6. The smallest absolute Gasteiger partial charge is 0.259 e. The standard InChI is InChI=1S/C16H20N4O2/c1-3-10(2)20-15(11-4-5-11)12(8-18-20)16(22)19-13-6-7-17-9-14(13)21/h6-11,21H,3-5H2,1-2H3,(H,17,19,22). The van der Waals surface area contributed by atoms with Crippen molar-refractivity contribution >= 4 is 11.6 Å². The summed E-state index contributed by atoms with van der Waals surface area (Å²) in [5.41, 5.74) is 1.97. The number of carbonyl (C=O) groups excluding carboxylic acids is 1. The topological polar surface area (TPSA) is 80.0 Å². The van der Waals surface area contributed by atoms with Crippen molar-refractivity contribution in [3.63, 3.8) is 0 Å². The average molecular weight is 300 g/mol. The molecule has 0 saturated heterocycles. The van der Waals surface area contributed by atoms with E-state index in [1.54, 1.807) is 12.3 Å². The van der Waals surface area contributed by atoms with Crippen LogP contribution in [0.15, 0.2) is 24.7 Å². The van der Waals surface area contributed by atoms with Gasteiger partial charge < -0.3 is 10.4 Å². The molecule has 1 amide bonds. The van der Waals surface area contributed by atoms with E-state index in [-0.39, 0.29) is 17.7 Å². The number of rotatable bonds is 5. The van der Waals surface area contributed by atoms with Gasteiger partial charge >= 0.3 is 0 Å². The Kier molecular flexibility index (Phi) is 3.83. The molecule has 6 heteroatoms. The zero-order chi connectivity index (χ0) is 15.7. The molecule has 2 aromatic rings. The van der Waals surface area contributed by atoms with E-state index in [1.807, 2.05) is 4.68 Å². The summed E-state index contributed by atoms with van der Waals surface area (Å²) < 4.78 is 1.97. The van der Waals surface area contributed by atoms with E-state index in [9.17, 15) is 9.90 Å². The highest BCUT2D eigenvalue weighted by Gasteiger charge is 2.33. The number of hydrogen-bond donors (Lipinski definition) is 2. The fraction of sp³-hybridized carbons (Fsp3) is 0.438. The van der Waals surface area contributed by atoms with Crippen LogP contribution in [0.25, 0.3) is 0 Å². The molecule has 1 aliphatic carbocycles. The van der Waals surface area contributed by atoms with Crippen LogP contribution in [-0.4, -0.2) is 25.8 Å². The molecule has 1 saturated carbocycles. The van der Waals surface area contributed by atoms with E-state index in [0.29, 0.717) is 17.2 Å². The first-order chi connectivity index (χ1) is 10.6. The van der Waals surface area contributed by atoms with Gasteiger partial charge in [-0.05, 0) is 32.3 Å². The van der Waals surface area contributed by atoms with Crippen LogP contribution in [0.2, 0.25) is 0 Å². The molecule has 2 heterocycles. The molecule has 116 valence electrons. The Balaban J connectivity index is 1.90. The molecule has 1 atom stereocenters. The van der Waals surface area contributed by atoms with E-state index < -0.39 is 0 Å². The number of aromatic nitrogens is 3. The number of amides is 1. The van der Waals surface area contributed by atoms with Gasteiger partial charge in [-0.2, -0.15) is 5.10 Å². The maximum atomic E-state index is 12.5. The zero-order valence-electron chi connectivity index (χ0n) is 12.8. The van der Waals surface area contributed by atoms with Gasteiger partial charge in [0.15, 0.2) is 5.75 Å². The molecule has 0 aliphatic heterocycles. The third-order valence-corrected chi connectivity index (χ3v) is 4.10. The van der Waals surface area contributed by atoms with E-state index in [0.717, 1.165) is 25.0 Å². The second-order valence-electron chi connectivity index (χ2n) is 5.77. The van der Waals surface area contributed by atoms with Crippen LogP contribution in [0.1, 0.15) is 61.1 Å². The summed E-state index contributed by atoms with van der Waals surface area (Å²) in [5, 5.41) is 16.9. The Hall–Kier alpha value is -2.37. The number of nitrogens with one attached hydrogen (secondary N) is 1. The second kappa shape index (κ2) is 5.79. The highest BCUT2D eigenvalue weighted by atomic mass is 16.3. The predicted molar refractivity (Wildman–Crippen MR) is 83.1 cm³/mol. The molecule has 22 heavy (non-hydrogen) atoms. The fourth-order valence-corrected chi connectivity index (χ4v) is 2.52. The van der Waals surface area contributed by atoms with Crippen LogP contribution >= 0.6 is 0 Å². The minimum Gasteiger partial charge on any atom is -0.504 e. The number of hydrogen-bond acceptors (Lipinski definition) is 4. The van der Waals surface area contributed by atoms with E-state index in [2.05, 4.69) is 29.2 Å². The molecule has 1 aliphatic rings. The molecule has 0 spiro atoms. The number of aromatic hydroxyl groups is 1. The quantitative estimate of drug-likeness (QED) is 0.889. The molecule has 0 radical (unpaired) electrons. The van der Waals surface area contributed by atoms with Crippen LogP contribution in [0, 0.1) is 0 Å². The minimum absolute atomic E-state index is 0.0434. The molecule has 0 aromatic carbocycles.